The lowest BCUT2D eigenvalue weighted by atomic mass is 10.0. The van der Waals surface area contributed by atoms with Crippen LogP contribution in [0.25, 0.3) is 32.7 Å². The van der Waals surface area contributed by atoms with Crippen molar-refractivity contribution in [2.75, 3.05) is 7.11 Å². The van der Waals surface area contributed by atoms with Gasteiger partial charge in [0.05, 0.1) is 12.5 Å². The van der Waals surface area contributed by atoms with E-state index in [2.05, 4.69) is 0 Å². The van der Waals surface area contributed by atoms with Gasteiger partial charge in [0, 0.05) is 10.8 Å². The summed E-state index contributed by atoms with van der Waals surface area (Å²) in [6.07, 6.45) is 1.27. The molecule has 0 amide bonds. The number of furan rings is 1. The predicted molar refractivity (Wildman–Crippen MR) is 91.6 cm³/mol. The van der Waals surface area contributed by atoms with E-state index in [1.54, 1.807) is 24.3 Å². The van der Waals surface area contributed by atoms with E-state index in [9.17, 15) is 8.78 Å². The molecule has 0 atom stereocenters. The molecule has 0 radical (unpaired) electrons. The molecule has 0 fully saturated rings. The second-order valence-corrected chi connectivity index (χ2v) is 6.01. The lowest BCUT2D eigenvalue weighted by Crippen LogP contribution is -1.94. The first kappa shape index (κ1) is 15.8. The van der Waals surface area contributed by atoms with E-state index in [0.717, 1.165) is 6.42 Å². The minimum absolute atomic E-state index is 0.00734. The van der Waals surface area contributed by atoms with Gasteiger partial charge in [0.1, 0.15) is 5.82 Å². The Hall–Kier alpha value is -2.69. The first-order valence-electron chi connectivity index (χ1n) is 8.05. The van der Waals surface area contributed by atoms with Crippen LogP contribution in [0.2, 0.25) is 0 Å². The van der Waals surface area contributed by atoms with Crippen LogP contribution in [0.3, 0.4) is 0 Å². The molecule has 25 heavy (non-hydrogen) atoms. The lowest BCUT2D eigenvalue weighted by molar-refractivity contribution is 0.385. The molecule has 2 nitrogen and oxygen atoms in total. The fraction of sp³-hybridized carbons (Fsp3) is 0.200. The molecule has 4 rings (SSSR count). The van der Waals surface area contributed by atoms with Crippen molar-refractivity contribution in [2.24, 2.45) is 0 Å². The molecular weight excluding hydrogens is 329 g/mol. The quantitative estimate of drug-likeness (QED) is 0.447. The largest absolute Gasteiger partial charge is 0.494 e. The van der Waals surface area contributed by atoms with E-state index in [4.69, 9.17) is 9.15 Å². The number of halogens is 3. The summed E-state index contributed by atoms with van der Waals surface area (Å²) in [6.45, 7) is 1.93. The van der Waals surface area contributed by atoms with Crippen molar-refractivity contribution >= 4 is 32.7 Å². The molecule has 0 aliphatic heterocycles. The molecule has 0 bridgehead atoms. The second kappa shape index (κ2) is 5.69. The fourth-order valence-corrected chi connectivity index (χ4v) is 3.30. The van der Waals surface area contributed by atoms with Crippen molar-refractivity contribution < 1.29 is 22.3 Å². The predicted octanol–water partition coefficient (Wildman–Crippen LogP) is 6.12. The van der Waals surface area contributed by atoms with E-state index in [-0.39, 0.29) is 22.3 Å². The van der Waals surface area contributed by atoms with E-state index >= 15 is 4.39 Å². The monoisotopic (exact) mass is 344 g/mol. The van der Waals surface area contributed by atoms with Crippen LogP contribution in [0.15, 0.2) is 34.7 Å². The van der Waals surface area contributed by atoms with Gasteiger partial charge < -0.3 is 9.15 Å². The van der Waals surface area contributed by atoms with Crippen LogP contribution in [0, 0.1) is 17.5 Å². The van der Waals surface area contributed by atoms with Crippen molar-refractivity contribution in [3.05, 3.63) is 53.3 Å². The summed E-state index contributed by atoms with van der Waals surface area (Å²) in [5, 5.41) is 1.13. The molecule has 4 aromatic rings. The maximum absolute atomic E-state index is 15.0. The smallest absolute Gasteiger partial charge is 0.208 e. The average molecular weight is 344 g/mol. The number of hydrogen-bond acceptors (Lipinski definition) is 2. The fourth-order valence-electron chi connectivity index (χ4n) is 3.30. The summed E-state index contributed by atoms with van der Waals surface area (Å²) in [4.78, 5) is 0. The van der Waals surface area contributed by atoms with Gasteiger partial charge in [-0.1, -0.05) is 25.5 Å². The number of methoxy groups -OCH3 is 1. The summed E-state index contributed by atoms with van der Waals surface area (Å²) in [6, 6.07) is 8.04. The van der Waals surface area contributed by atoms with Crippen LogP contribution in [0.4, 0.5) is 13.2 Å². The Morgan fingerprint density at radius 1 is 0.920 bits per heavy atom. The van der Waals surface area contributed by atoms with Gasteiger partial charge in [0.25, 0.3) is 0 Å². The van der Waals surface area contributed by atoms with Gasteiger partial charge in [-0.25, -0.2) is 8.78 Å². The van der Waals surface area contributed by atoms with Gasteiger partial charge in [-0.15, -0.1) is 0 Å². The lowest BCUT2D eigenvalue weighted by Gasteiger charge is -2.07. The van der Waals surface area contributed by atoms with E-state index in [1.165, 1.54) is 13.2 Å². The topological polar surface area (TPSA) is 22.4 Å². The number of rotatable bonds is 3. The van der Waals surface area contributed by atoms with Crippen molar-refractivity contribution in [1.82, 2.24) is 0 Å². The zero-order chi connectivity index (χ0) is 17.7. The maximum atomic E-state index is 15.0. The summed E-state index contributed by atoms with van der Waals surface area (Å²) < 4.78 is 54.5. The zero-order valence-corrected chi connectivity index (χ0v) is 13.8. The van der Waals surface area contributed by atoms with E-state index in [1.807, 2.05) is 6.92 Å². The molecule has 3 aromatic carbocycles. The summed E-state index contributed by atoms with van der Waals surface area (Å²) >= 11 is 0. The number of hydrogen-bond donors (Lipinski definition) is 0. The zero-order valence-electron chi connectivity index (χ0n) is 13.8. The summed E-state index contributed by atoms with van der Waals surface area (Å²) in [5.41, 5.74) is 0.206. The molecule has 1 heterocycles. The highest BCUT2D eigenvalue weighted by Crippen LogP contribution is 2.39. The minimum Gasteiger partial charge on any atom is -0.494 e. The summed E-state index contributed by atoms with van der Waals surface area (Å²) in [7, 11) is 1.34. The highest BCUT2D eigenvalue weighted by atomic mass is 19.1. The van der Waals surface area contributed by atoms with Crippen molar-refractivity contribution in [1.29, 1.82) is 0 Å². The highest BCUT2D eigenvalue weighted by Gasteiger charge is 2.21. The van der Waals surface area contributed by atoms with E-state index < -0.39 is 17.5 Å². The third-order valence-electron chi connectivity index (χ3n) is 4.51. The average Bonchev–Trinajstić information content (AvgIpc) is 2.98. The molecule has 5 heteroatoms. The van der Waals surface area contributed by atoms with Crippen LogP contribution in [-0.2, 0) is 6.42 Å². The van der Waals surface area contributed by atoms with Crippen molar-refractivity contribution in [3.63, 3.8) is 0 Å². The van der Waals surface area contributed by atoms with Gasteiger partial charge in [-0.05, 0) is 35.6 Å². The van der Waals surface area contributed by atoms with Gasteiger partial charge in [-0.2, -0.15) is 4.39 Å². The molecule has 0 N–H and O–H groups in total. The molecule has 0 aliphatic rings. The van der Waals surface area contributed by atoms with Crippen LogP contribution in [0.1, 0.15) is 18.9 Å². The molecule has 0 unspecified atom stereocenters. The molecule has 0 aliphatic carbocycles. The van der Waals surface area contributed by atoms with Gasteiger partial charge in [0.2, 0.25) is 5.82 Å². The molecule has 0 spiro atoms. The van der Waals surface area contributed by atoms with Crippen molar-refractivity contribution in [3.8, 4) is 5.75 Å². The molecule has 0 saturated carbocycles. The Kier molecular flexibility index (Phi) is 3.60. The van der Waals surface area contributed by atoms with E-state index in [0.29, 0.717) is 28.1 Å². The highest BCUT2D eigenvalue weighted by molar-refractivity contribution is 6.11. The Morgan fingerprint density at radius 2 is 1.68 bits per heavy atom. The molecule has 0 saturated heterocycles. The molecular formula is C20H15F3O2. The van der Waals surface area contributed by atoms with Crippen LogP contribution >= 0.6 is 0 Å². The number of ether oxygens (including phenoxy) is 1. The first-order chi connectivity index (χ1) is 12.1. The number of aryl methyl sites for hydroxylation is 1. The Labute approximate surface area is 141 Å². The Morgan fingerprint density at radius 3 is 2.40 bits per heavy atom. The maximum Gasteiger partial charge on any atom is 0.208 e. The standard InChI is InChI=1S/C20H15F3O2/c1-3-4-10-5-6-11-9-13-12-7-8-14(24-2)17(22)19(12)25-20(13)18(23)15(11)16(10)21/h5-9H,3-4H2,1-2H3. The van der Waals surface area contributed by atoms with Gasteiger partial charge >= 0.3 is 0 Å². The van der Waals surface area contributed by atoms with Crippen molar-refractivity contribution in [2.45, 2.75) is 19.8 Å². The van der Waals surface area contributed by atoms with Gasteiger partial charge in [0.15, 0.2) is 22.7 Å². The normalized spacial score (nSPS) is 11.7. The first-order valence-corrected chi connectivity index (χ1v) is 8.05. The number of benzene rings is 3. The third kappa shape index (κ3) is 2.18. The second-order valence-electron chi connectivity index (χ2n) is 6.01. The van der Waals surface area contributed by atoms with Crippen LogP contribution in [-0.4, -0.2) is 7.11 Å². The third-order valence-corrected chi connectivity index (χ3v) is 4.51. The van der Waals surface area contributed by atoms with Crippen LogP contribution in [0.5, 0.6) is 5.75 Å². The Balaban J connectivity index is 2.13. The molecule has 128 valence electrons. The number of fused-ring (bicyclic) bond motifs is 4. The van der Waals surface area contributed by atoms with Crippen LogP contribution < -0.4 is 4.74 Å². The van der Waals surface area contributed by atoms with Gasteiger partial charge in [-0.3, -0.25) is 0 Å². The minimum atomic E-state index is -0.808. The summed E-state index contributed by atoms with van der Waals surface area (Å²) in [5.74, 6) is -2.09. The Bertz CT molecular complexity index is 1130. The molecule has 1 aromatic heterocycles. The SMILES string of the molecule is CCCc1ccc2cc3c(oc4c(F)c(OC)ccc43)c(F)c2c1F.